The van der Waals surface area contributed by atoms with Crippen LogP contribution in [0.1, 0.15) is 11.1 Å². The first-order chi connectivity index (χ1) is 9.79. The molecule has 0 amide bonds. The molecule has 2 aromatic rings. The maximum absolute atomic E-state index is 11.5. The summed E-state index contributed by atoms with van der Waals surface area (Å²) in [5, 5.41) is 15.5. The summed E-state index contributed by atoms with van der Waals surface area (Å²) in [6, 6.07) is 19.3. The summed E-state index contributed by atoms with van der Waals surface area (Å²) in [7, 11) is 0. The lowest BCUT2D eigenvalue weighted by atomic mass is 10.1. The van der Waals surface area contributed by atoms with Gasteiger partial charge in [-0.15, -0.1) is 4.91 Å². The second-order valence-electron chi connectivity index (χ2n) is 4.44. The van der Waals surface area contributed by atoms with E-state index in [1.54, 1.807) is 0 Å². The summed E-state index contributed by atoms with van der Waals surface area (Å²) in [5.41, 5.74) is 2.08. The Morgan fingerprint density at radius 1 is 0.900 bits per heavy atom. The van der Waals surface area contributed by atoms with Crippen molar-refractivity contribution < 1.29 is 0 Å². The third kappa shape index (κ3) is 4.15. The number of nitroso groups, excluding NO2 is 1. The van der Waals surface area contributed by atoms with Crippen LogP contribution in [0, 0.1) is 10.1 Å². The largest absolute Gasteiger partial charge is 0.724 e. The highest BCUT2D eigenvalue weighted by atomic mass is 16.6. The Labute approximate surface area is 117 Å². The van der Waals surface area contributed by atoms with Crippen LogP contribution in [0.15, 0.2) is 65.9 Å². The number of nitrogens with zero attached hydrogens (tertiary/aromatic N) is 3. The first-order valence-electron chi connectivity index (χ1n) is 6.43. The van der Waals surface area contributed by atoms with Gasteiger partial charge in [-0.05, 0) is 17.5 Å². The van der Waals surface area contributed by atoms with Crippen molar-refractivity contribution in [1.82, 2.24) is 10.3 Å². The molecule has 0 atom stereocenters. The van der Waals surface area contributed by atoms with Crippen molar-refractivity contribution in [2.45, 2.75) is 13.0 Å². The molecule has 2 rings (SSSR count). The molecule has 0 aliphatic carbocycles. The van der Waals surface area contributed by atoms with Gasteiger partial charge >= 0.3 is 0 Å². The average molecular weight is 270 g/mol. The fourth-order valence-electron chi connectivity index (χ4n) is 1.97. The molecule has 0 aliphatic rings. The molecule has 20 heavy (non-hydrogen) atoms. The lowest BCUT2D eigenvalue weighted by Gasteiger charge is -2.34. The highest BCUT2D eigenvalue weighted by Gasteiger charge is 2.08. The van der Waals surface area contributed by atoms with Crippen LogP contribution >= 0.6 is 0 Å². The molecule has 0 saturated heterocycles. The Morgan fingerprint density at radius 3 is 2.00 bits per heavy atom. The van der Waals surface area contributed by atoms with E-state index in [9.17, 15) is 10.1 Å². The molecule has 0 heterocycles. The van der Waals surface area contributed by atoms with Crippen molar-refractivity contribution >= 4 is 0 Å². The van der Waals surface area contributed by atoms with Crippen LogP contribution in [0.5, 0.6) is 0 Å². The smallest absolute Gasteiger partial charge is 0.0579 e. The van der Waals surface area contributed by atoms with E-state index in [0.29, 0.717) is 19.5 Å². The van der Waals surface area contributed by atoms with Gasteiger partial charge in [0.1, 0.15) is 0 Å². The molecule has 0 aromatic heterocycles. The van der Waals surface area contributed by atoms with Crippen LogP contribution in [0.25, 0.3) is 0 Å². The van der Waals surface area contributed by atoms with E-state index < -0.39 is 0 Å². The van der Waals surface area contributed by atoms with Gasteiger partial charge in [0.2, 0.25) is 0 Å². The van der Waals surface area contributed by atoms with Crippen molar-refractivity contribution in [2.75, 3.05) is 6.54 Å². The van der Waals surface area contributed by atoms with E-state index >= 15 is 0 Å². The normalized spacial score (nSPS) is 10.5. The Balaban J connectivity index is 1.99. The SMILES string of the molecule is O=NN([O-])N(CCc1ccccc1)Cc1ccccc1. The topological polar surface area (TPSA) is 59.0 Å². The Morgan fingerprint density at radius 2 is 1.45 bits per heavy atom. The van der Waals surface area contributed by atoms with Gasteiger partial charge in [-0.3, -0.25) is 5.28 Å². The number of hydrogen-bond donors (Lipinski definition) is 0. The van der Waals surface area contributed by atoms with Crippen LogP contribution in [-0.4, -0.2) is 16.8 Å². The zero-order valence-corrected chi connectivity index (χ0v) is 11.1. The van der Waals surface area contributed by atoms with Gasteiger partial charge in [-0.2, -0.15) is 0 Å². The third-order valence-corrected chi connectivity index (χ3v) is 3.02. The second kappa shape index (κ2) is 7.37. The van der Waals surface area contributed by atoms with E-state index in [1.807, 2.05) is 60.7 Å². The number of hydrazine groups is 1. The molecular weight excluding hydrogens is 254 g/mol. The van der Waals surface area contributed by atoms with Gasteiger partial charge < -0.3 is 5.21 Å². The van der Waals surface area contributed by atoms with Gasteiger partial charge in [0.15, 0.2) is 0 Å². The number of benzene rings is 2. The van der Waals surface area contributed by atoms with Crippen molar-refractivity contribution in [3.63, 3.8) is 0 Å². The van der Waals surface area contributed by atoms with Gasteiger partial charge in [0.25, 0.3) is 0 Å². The van der Waals surface area contributed by atoms with Crippen LogP contribution in [-0.2, 0) is 13.0 Å². The molecule has 0 unspecified atom stereocenters. The van der Waals surface area contributed by atoms with E-state index in [4.69, 9.17) is 0 Å². The maximum Gasteiger partial charge on any atom is 0.0579 e. The fourth-order valence-corrected chi connectivity index (χ4v) is 1.97. The molecule has 0 fully saturated rings. The number of rotatable bonds is 7. The molecule has 0 spiro atoms. The summed E-state index contributed by atoms with van der Waals surface area (Å²) in [4.78, 5) is 10.5. The molecule has 5 nitrogen and oxygen atoms in total. The first kappa shape index (κ1) is 14.2. The van der Waals surface area contributed by atoms with Gasteiger partial charge in [0.05, 0.1) is 5.29 Å². The first-order valence-corrected chi connectivity index (χ1v) is 6.43. The van der Waals surface area contributed by atoms with Crippen LogP contribution in [0.2, 0.25) is 0 Å². The van der Waals surface area contributed by atoms with Crippen LogP contribution < -0.4 is 0 Å². The minimum absolute atomic E-state index is 0.121. The maximum atomic E-state index is 11.5. The lowest BCUT2D eigenvalue weighted by Crippen LogP contribution is -2.35. The summed E-state index contributed by atoms with van der Waals surface area (Å²) in [6.45, 7) is 0.803. The van der Waals surface area contributed by atoms with Crippen LogP contribution in [0.4, 0.5) is 0 Å². The predicted molar refractivity (Wildman–Crippen MR) is 78.0 cm³/mol. The van der Waals surface area contributed by atoms with Crippen molar-refractivity contribution in [3.8, 4) is 0 Å². The Kier molecular flexibility index (Phi) is 5.23. The molecule has 0 aliphatic heterocycles. The minimum atomic E-state index is 0.121. The summed E-state index contributed by atoms with van der Waals surface area (Å²) in [5.74, 6) is 0. The second-order valence-corrected chi connectivity index (χ2v) is 4.44. The molecule has 0 saturated carbocycles. The van der Waals surface area contributed by atoms with Crippen molar-refractivity contribution in [3.05, 3.63) is 81.9 Å². The highest BCUT2D eigenvalue weighted by Crippen LogP contribution is 2.09. The third-order valence-electron chi connectivity index (χ3n) is 3.02. The summed E-state index contributed by atoms with van der Waals surface area (Å²) >= 11 is 0. The zero-order valence-electron chi connectivity index (χ0n) is 11.1. The van der Waals surface area contributed by atoms with E-state index in [2.05, 4.69) is 5.29 Å². The van der Waals surface area contributed by atoms with E-state index in [1.165, 1.54) is 5.01 Å². The van der Waals surface area contributed by atoms with Crippen LogP contribution in [0.3, 0.4) is 0 Å². The monoisotopic (exact) mass is 270 g/mol. The Bertz CT molecular complexity index is 519. The molecule has 0 radical (unpaired) electrons. The number of hydrogen-bond acceptors (Lipinski definition) is 4. The molecule has 0 N–H and O–H groups in total. The van der Waals surface area contributed by atoms with E-state index in [0.717, 1.165) is 11.1 Å². The molecular formula is C15H16N3O2-. The summed E-state index contributed by atoms with van der Waals surface area (Å²) in [6.07, 6.45) is 0.682. The quantitative estimate of drug-likeness (QED) is 0.573. The van der Waals surface area contributed by atoms with Gasteiger partial charge in [-0.25, -0.2) is 5.01 Å². The zero-order chi connectivity index (χ0) is 14.2. The van der Waals surface area contributed by atoms with Crippen molar-refractivity contribution in [2.24, 2.45) is 5.29 Å². The highest BCUT2D eigenvalue weighted by molar-refractivity contribution is 5.16. The van der Waals surface area contributed by atoms with Crippen molar-refractivity contribution in [1.29, 1.82) is 0 Å². The molecule has 104 valence electrons. The fraction of sp³-hybridized carbons (Fsp3) is 0.200. The summed E-state index contributed by atoms with van der Waals surface area (Å²) < 4.78 is 0. The minimum Gasteiger partial charge on any atom is -0.724 e. The standard InChI is InChI=1S/C15H16N3O2/c19-16-18(20)17(13-15-9-5-2-6-10-15)12-11-14-7-3-1-4-8-14/h1-10H,11-13H2/q-1. The molecule has 0 bridgehead atoms. The van der Waals surface area contributed by atoms with Gasteiger partial charge in [0, 0.05) is 13.1 Å². The molecule has 2 aromatic carbocycles. The predicted octanol–water partition coefficient (Wildman–Crippen LogP) is 3.13. The lowest BCUT2D eigenvalue weighted by molar-refractivity contribution is 0.0143. The Hall–Kier alpha value is -2.24. The van der Waals surface area contributed by atoms with E-state index in [-0.39, 0.29) is 5.28 Å². The van der Waals surface area contributed by atoms with Gasteiger partial charge in [-0.1, -0.05) is 60.7 Å². The molecule has 5 heteroatoms. The average Bonchev–Trinajstić information content (AvgIpc) is 2.52.